The van der Waals surface area contributed by atoms with Crippen LogP contribution in [-0.4, -0.2) is 0 Å². The summed E-state index contributed by atoms with van der Waals surface area (Å²) >= 11 is 0. The molecule has 0 aromatic heterocycles. The molecule has 2 fully saturated rings. The molecular weight excluding hydrogens is 189 g/mol. The van der Waals surface area contributed by atoms with Crippen molar-refractivity contribution in [2.45, 2.75) is 25.3 Å². The molecule has 2 saturated carbocycles. The Morgan fingerprint density at radius 2 is 2.00 bits per heavy atom. The number of nitrogens with two attached hydrogens (primary N) is 1. The van der Waals surface area contributed by atoms with Crippen molar-refractivity contribution in [3.05, 3.63) is 35.6 Å². The van der Waals surface area contributed by atoms with Crippen LogP contribution in [0.4, 0.5) is 4.39 Å². The Balaban J connectivity index is 1.78. The van der Waals surface area contributed by atoms with Crippen LogP contribution in [0.1, 0.15) is 30.9 Å². The molecule has 0 aliphatic heterocycles. The molecule has 2 aliphatic rings. The highest BCUT2D eigenvalue weighted by Gasteiger charge is 2.55. The summed E-state index contributed by atoms with van der Waals surface area (Å²) in [5, 5.41) is 0. The Bertz CT molecular complexity index is 367. The van der Waals surface area contributed by atoms with Gasteiger partial charge in [-0.05, 0) is 48.3 Å². The second-order valence-corrected chi connectivity index (χ2v) is 4.92. The van der Waals surface area contributed by atoms with Crippen LogP contribution in [0.25, 0.3) is 0 Å². The molecule has 0 bridgehead atoms. The first-order valence-electron chi connectivity index (χ1n) is 5.78. The molecule has 0 heterocycles. The normalized spacial score (nSPS) is 34.9. The molecule has 0 saturated heterocycles. The van der Waals surface area contributed by atoms with Crippen LogP contribution in [0.15, 0.2) is 24.3 Å². The monoisotopic (exact) mass is 205 g/mol. The van der Waals surface area contributed by atoms with Crippen LogP contribution in [0.2, 0.25) is 0 Å². The summed E-state index contributed by atoms with van der Waals surface area (Å²) in [5.41, 5.74) is 7.16. The Labute approximate surface area is 89.5 Å². The van der Waals surface area contributed by atoms with Gasteiger partial charge in [0, 0.05) is 6.04 Å². The first kappa shape index (κ1) is 9.34. The lowest BCUT2D eigenvalue weighted by atomic mass is 9.98. The van der Waals surface area contributed by atoms with Gasteiger partial charge in [0.15, 0.2) is 0 Å². The van der Waals surface area contributed by atoms with Gasteiger partial charge in [-0.1, -0.05) is 18.6 Å². The Hall–Kier alpha value is -0.890. The summed E-state index contributed by atoms with van der Waals surface area (Å²) in [6, 6.07) is 6.81. The second kappa shape index (κ2) is 3.31. The predicted octanol–water partition coefficient (Wildman–Crippen LogP) is 2.87. The zero-order valence-electron chi connectivity index (χ0n) is 8.70. The molecule has 15 heavy (non-hydrogen) atoms. The molecule has 0 spiro atoms. The van der Waals surface area contributed by atoms with E-state index in [-0.39, 0.29) is 11.9 Å². The van der Waals surface area contributed by atoms with Gasteiger partial charge >= 0.3 is 0 Å². The van der Waals surface area contributed by atoms with Gasteiger partial charge in [0.1, 0.15) is 5.82 Å². The lowest BCUT2D eigenvalue weighted by molar-refractivity contribution is 0.499. The summed E-state index contributed by atoms with van der Waals surface area (Å²) in [6.07, 6.45) is 4.03. The van der Waals surface area contributed by atoms with E-state index in [9.17, 15) is 4.39 Å². The number of halogens is 1. The summed E-state index contributed by atoms with van der Waals surface area (Å²) < 4.78 is 13.0. The van der Waals surface area contributed by atoms with Crippen molar-refractivity contribution in [2.24, 2.45) is 23.5 Å². The third-order valence-electron chi connectivity index (χ3n) is 4.12. The van der Waals surface area contributed by atoms with Gasteiger partial charge in [0.2, 0.25) is 0 Å². The first-order chi connectivity index (χ1) is 7.27. The number of hydrogen-bond acceptors (Lipinski definition) is 1. The average molecular weight is 205 g/mol. The third kappa shape index (κ3) is 1.48. The van der Waals surface area contributed by atoms with E-state index < -0.39 is 0 Å². The van der Waals surface area contributed by atoms with E-state index in [4.69, 9.17) is 5.73 Å². The highest BCUT2D eigenvalue weighted by atomic mass is 19.1. The maximum Gasteiger partial charge on any atom is 0.123 e. The SMILES string of the molecule is NC(c1cccc(F)c1)C1C2CCCC21. The molecule has 1 aromatic rings. The smallest absolute Gasteiger partial charge is 0.123 e. The quantitative estimate of drug-likeness (QED) is 0.789. The molecule has 0 amide bonds. The first-order valence-corrected chi connectivity index (χ1v) is 5.78. The van der Waals surface area contributed by atoms with Crippen LogP contribution < -0.4 is 5.73 Å². The molecule has 0 radical (unpaired) electrons. The second-order valence-electron chi connectivity index (χ2n) is 4.92. The van der Waals surface area contributed by atoms with Crippen LogP contribution >= 0.6 is 0 Å². The molecule has 1 aromatic carbocycles. The van der Waals surface area contributed by atoms with E-state index >= 15 is 0 Å². The van der Waals surface area contributed by atoms with Crippen LogP contribution in [0.3, 0.4) is 0 Å². The van der Waals surface area contributed by atoms with Crippen molar-refractivity contribution in [2.75, 3.05) is 0 Å². The average Bonchev–Trinajstić information content (AvgIpc) is 2.70. The minimum atomic E-state index is -0.172. The van der Waals surface area contributed by atoms with Crippen molar-refractivity contribution < 1.29 is 4.39 Å². The van der Waals surface area contributed by atoms with Crippen LogP contribution in [0, 0.1) is 23.6 Å². The Morgan fingerprint density at radius 1 is 1.27 bits per heavy atom. The Morgan fingerprint density at radius 3 is 2.67 bits per heavy atom. The molecule has 1 nitrogen and oxygen atoms in total. The standard InChI is InChI=1S/C13H16FN/c14-9-4-1-3-8(7-9)13(15)12-10-5-2-6-11(10)12/h1,3-4,7,10-13H,2,5-6,15H2. The van der Waals surface area contributed by atoms with E-state index in [2.05, 4.69) is 0 Å². The molecule has 3 atom stereocenters. The fourth-order valence-electron chi connectivity index (χ4n) is 3.35. The maximum absolute atomic E-state index is 13.0. The summed E-state index contributed by atoms with van der Waals surface area (Å²) in [4.78, 5) is 0. The van der Waals surface area contributed by atoms with E-state index in [1.54, 1.807) is 12.1 Å². The number of benzene rings is 1. The molecule has 2 N–H and O–H groups in total. The highest BCUT2D eigenvalue weighted by molar-refractivity contribution is 5.24. The van der Waals surface area contributed by atoms with Gasteiger partial charge in [-0.2, -0.15) is 0 Å². The molecule has 2 heteroatoms. The summed E-state index contributed by atoms with van der Waals surface area (Å²) in [5.74, 6) is 2.13. The van der Waals surface area contributed by atoms with Crippen molar-refractivity contribution in [3.8, 4) is 0 Å². The topological polar surface area (TPSA) is 26.0 Å². The van der Waals surface area contributed by atoms with Crippen LogP contribution in [-0.2, 0) is 0 Å². The number of fused-ring (bicyclic) bond motifs is 1. The minimum Gasteiger partial charge on any atom is -0.324 e. The molecule has 2 aliphatic carbocycles. The molecule has 3 unspecified atom stereocenters. The van der Waals surface area contributed by atoms with Gasteiger partial charge in [0.05, 0.1) is 0 Å². The number of rotatable bonds is 2. The third-order valence-corrected chi connectivity index (χ3v) is 4.12. The van der Waals surface area contributed by atoms with E-state index in [1.807, 2.05) is 6.07 Å². The van der Waals surface area contributed by atoms with Gasteiger partial charge in [0.25, 0.3) is 0 Å². The van der Waals surface area contributed by atoms with Gasteiger partial charge in [-0.15, -0.1) is 0 Å². The van der Waals surface area contributed by atoms with Crippen molar-refractivity contribution in [1.82, 2.24) is 0 Å². The maximum atomic E-state index is 13.0. The van der Waals surface area contributed by atoms with E-state index in [0.717, 1.165) is 17.4 Å². The van der Waals surface area contributed by atoms with Crippen LogP contribution in [0.5, 0.6) is 0 Å². The molecule has 3 rings (SSSR count). The minimum absolute atomic E-state index is 0.0519. The van der Waals surface area contributed by atoms with Crippen molar-refractivity contribution >= 4 is 0 Å². The van der Waals surface area contributed by atoms with Gasteiger partial charge < -0.3 is 5.73 Å². The van der Waals surface area contributed by atoms with Gasteiger partial charge in [-0.25, -0.2) is 4.39 Å². The van der Waals surface area contributed by atoms with E-state index in [0.29, 0.717) is 5.92 Å². The largest absolute Gasteiger partial charge is 0.324 e. The molecule has 80 valence electrons. The molecular formula is C13H16FN. The zero-order chi connectivity index (χ0) is 10.4. The van der Waals surface area contributed by atoms with Crippen molar-refractivity contribution in [3.63, 3.8) is 0 Å². The van der Waals surface area contributed by atoms with Gasteiger partial charge in [-0.3, -0.25) is 0 Å². The lowest BCUT2D eigenvalue weighted by Crippen LogP contribution is -2.15. The highest BCUT2D eigenvalue weighted by Crippen LogP contribution is 2.61. The summed E-state index contributed by atoms with van der Waals surface area (Å²) in [7, 11) is 0. The fraction of sp³-hybridized carbons (Fsp3) is 0.538. The lowest BCUT2D eigenvalue weighted by Gasteiger charge is -2.13. The summed E-state index contributed by atoms with van der Waals surface area (Å²) in [6.45, 7) is 0. The predicted molar refractivity (Wildman–Crippen MR) is 57.6 cm³/mol. The zero-order valence-corrected chi connectivity index (χ0v) is 8.70. The van der Waals surface area contributed by atoms with Crippen molar-refractivity contribution in [1.29, 1.82) is 0 Å². The Kier molecular flexibility index (Phi) is 2.06. The van der Waals surface area contributed by atoms with E-state index in [1.165, 1.54) is 25.3 Å². The fourth-order valence-corrected chi connectivity index (χ4v) is 3.35. The number of hydrogen-bond donors (Lipinski definition) is 1.